The number of carbonyl (C=O) groups is 2. The highest BCUT2D eigenvalue weighted by Gasteiger charge is 2.28. The summed E-state index contributed by atoms with van der Waals surface area (Å²) in [6.45, 7) is 0.662. The van der Waals surface area contributed by atoms with Gasteiger partial charge in [-0.05, 0) is 46.4 Å². The lowest BCUT2D eigenvalue weighted by atomic mass is 9.98. The van der Waals surface area contributed by atoms with Gasteiger partial charge < -0.3 is 14.6 Å². The molecule has 5 heteroatoms. The largest absolute Gasteiger partial charge is 0.494 e. The lowest BCUT2D eigenvalue weighted by Crippen LogP contribution is -2.14. The molecule has 1 aliphatic rings. The third-order valence-corrected chi connectivity index (χ3v) is 5.45. The molecule has 31 heavy (non-hydrogen) atoms. The third-order valence-electron chi connectivity index (χ3n) is 5.45. The Morgan fingerprint density at radius 3 is 2.06 bits per heavy atom. The summed E-state index contributed by atoms with van der Waals surface area (Å²) in [6.07, 6.45) is 0.728. The highest BCUT2D eigenvalue weighted by molar-refractivity contribution is 5.79. The molecule has 0 amide bonds. The first-order chi connectivity index (χ1) is 15.1. The van der Waals surface area contributed by atoms with Gasteiger partial charge in [-0.15, -0.1) is 0 Å². The van der Waals surface area contributed by atoms with Gasteiger partial charge in [-0.25, -0.2) is 0 Å². The molecule has 3 aromatic rings. The number of ether oxygens (including phenoxy) is 2. The average Bonchev–Trinajstić information content (AvgIpc) is 3.10. The summed E-state index contributed by atoms with van der Waals surface area (Å²) >= 11 is 0. The van der Waals surface area contributed by atoms with Crippen LogP contribution in [0, 0.1) is 0 Å². The van der Waals surface area contributed by atoms with E-state index in [1.165, 1.54) is 22.3 Å². The molecule has 0 bridgehead atoms. The van der Waals surface area contributed by atoms with Gasteiger partial charge in [-0.3, -0.25) is 9.59 Å². The summed E-state index contributed by atoms with van der Waals surface area (Å²) in [7, 11) is 0. The molecule has 0 saturated heterocycles. The van der Waals surface area contributed by atoms with Crippen molar-refractivity contribution in [3.8, 4) is 16.9 Å². The molecule has 0 saturated carbocycles. The topological polar surface area (TPSA) is 72.8 Å². The zero-order valence-corrected chi connectivity index (χ0v) is 17.1. The molecule has 0 unspecified atom stereocenters. The van der Waals surface area contributed by atoms with Crippen molar-refractivity contribution in [2.75, 3.05) is 13.2 Å². The minimum absolute atomic E-state index is 0.0536. The van der Waals surface area contributed by atoms with Crippen LogP contribution in [0.2, 0.25) is 0 Å². The van der Waals surface area contributed by atoms with Crippen molar-refractivity contribution in [2.24, 2.45) is 0 Å². The van der Waals surface area contributed by atoms with E-state index >= 15 is 0 Å². The number of rotatable bonds is 9. The van der Waals surface area contributed by atoms with Gasteiger partial charge in [0.2, 0.25) is 0 Å². The molecule has 3 aromatic carbocycles. The zero-order valence-electron chi connectivity index (χ0n) is 17.1. The van der Waals surface area contributed by atoms with E-state index in [2.05, 4.69) is 24.3 Å². The Balaban J connectivity index is 1.31. The summed E-state index contributed by atoms with van der Waals surface area (Å²) in [5.41, 5.74) is 5.65. The Morgan fingerprint density at radius 2 is 1.45 bits per heavy atom. The quantitative estimate of drug-likeness (QED) is 0.400. The SMILES string of the molecule is O=C(O)CCCOc1ccc(CC(=O)OCC2c3ccccc3-c3ccccc32)cc1. The first-order valence-corrected chi connectivity index (χ1v) is 10.4. The maximum Gasteiger partial charge on any atom is 0.310 e. The number of hydrogen-bond acceptors (Lipinski definition) is 4. The van der Waals surface area contributed by atoms with E-state index in [0.29, 0.717) is 25.4 Å². The molecule has 0 aliphatic heterocycles. The molecular weight excluding hydrogens is 392 g/mol. The van der Waals surface area contributed by atoms with Gasteiger partial charge in [0.05, 0.1) is 13.0 Å². The Bertz CT molecular complexity index is 1030. The van der Waals surface area contributed by atoms with Gasteiger partial charge in [0.15, 0.2) is 0 Å². The Morgan fingerprint density at radius 1 is 0.839 bits per heavy atom. The van der Waals surface area contributed by atoms with Crippen LogP contribution in [0.15, 0.2) is 72.8 Å². The number of benzene rings is 3. The molecule has 1 N–H and O–H groups in total. The molecule has 0 atom stereocenters. The minimum atomic E-state index is -0.831. The molecule has 0 fully saturated rings. The number of fused-ring (bicyclic) bond motifs is 3. The van der Waals surface area contributed by atoms with Gasteiger partial charge in [0.1, 0.15) is 12.4 Å². The van der Waals surface area contributed by atoms with Crippen LogP contribution in [0.5, 0.6) is 5.75 Å². The highest BCUT2D eigenvalue weighted by Crippen LogP contribution is 2.44. The summed E-state index contributed by atoms with van der Waals surface area (Å²) < 4.78 is 11.2. The molecular formula is C26H24O5. The fourth-order valence-electron chi connectivity index (χ4n) is 3.95. The van der Waals surface area contributed by atoms with Gasteiger partial charge >= 0.3 is 11.9 Å². The van der Waals surface area contributed by atoms with Crippen LogP contribution in [0.1, 0.15) is 35.4 Å². The van der Waals surface area contributed by atoms with Crippen LogP contribution in [-0.4, -0.2) is 30.3 Å². The summed E-state index contributed by atoms with van der Waals surface area (Å²) in [5, 5.41) is 8.64. The van der Waals surface area contributed by atoms with Gasteiger partial charge in [0, 0.05) is 12.3 Å². The average molecular weight is 416 g/mol. The van der Waals surface area contributed by atoms with Crippen molar-refractivity contribution in [1.29, 1.82) is 0 Å². The lowest BCUT2D eigenvalue weighted by molar-refractivity contribution is -0.143. The van der Waals surface area contributed by atoms with E-state index < -0.39 is 5.97 Å². The second-order valence-corrected chi connectivity index (χ2v) is 7.58. The van der Waals surface area contributed by atoms with E-state index in [0.717, 1.165) is 5.56 Å². The molecule has 5 nitrogen and oxygen atoms in total. The van der Waals surface area contributed by atoms with Crippen LogP contribution in [0.3, 0.4) is 0 Å². The molecule has 0 aromatic heterocycles. The maximum atomic E-state index is 12.4. The summed E-state index contributed by atoms with van der Waals surface area (Å²) in [6, 6.07) is 23.7. The smallest absolute Gasteiger partial charge is 0.310 e. The van der Waals surface area contributed by atoms with Crippen molar-refractivity contribution in [3.63, 3.8) is 0 Å². The number of esters is 1. The third kappa shape index (κ3) is 4.94. The summed E-state index contributed by atoms with van der Waals surface area (Å²) in [5.74, 6) is -0.390. The van der Waals surface area contributed by atoms with E-state index in [4.69, 9.17) is 14.6 Å². The first-order valence-electron chi connectivity index (χ1n) is 10.4. The monoisotopic (exact) mass is 416 g/mol. The van der Waals surface area contributed by atoms with Gasteiger partial charge in [-0.1, -0.05) is 60.7 Å². The zero-order chi connectivity index (χ0) is 21.6. The van der Waals surface area contributed by atoms with E-state index in [1.54, 1.807) is 12.1 Å². The number of carboxylic acids is 1. The fraction of sp³-hybridized carbons (Fsp3) is 0.231. The molecule has 0 spiro atoms. The fourth-order valence-corrected chi connectivity index (χ4v) is 3.95. The first kappa shape index (κ1) is 20.7. The van der Waals surface area contributed by atoms with E-state index in [-0.39, 0.29) is 24.7 Å². The van der Waals surface area contributed by atoms with Crippen LogP contribution in [0.4, 0.5) is 0 Å². The second-order valence-electron chi connectivity index (χ2n) is 7.58. The van der Waals surface area contributed by atoms with Crippen molar-refractivity contribution < 1.29 is 24.2 Å². The van der Waals surface area contributed by atoms with Crippen molar-refractivity contribution in [2.45, 2.75) is 25.2 Å². The Hall–Kier alpha value is -3.60. The number of carboxylic acid groups (broad SMARTS) is 1. The van der Waals surface area contributed by atoms with Crippen LogP contribution >= 0.6 is 0 Å². The molecule has 1 aliphatic carbocycles. The van der Waals surface area contributed by atoms with Crippen LogP contribution in [-0.2, 0) is 20.7 Å². The number of hydrogen-bond donors (Lipinski definition) is 1. The molecule has 0 radical (unpaired) electrons. The van der Waals surface area contributed by atoms with Gasteiger partial charge in [0.25, 0.3) is 0 Å². The molecule has 4 rings (SSSR count). The number of aliphatic carboxylic acids is 1. The molecule has 0 heterocycles. The normalized spacial score (nSPS) is 12.1. The maximum absolute atomic E-state index is 12.4. The van der Waals surface area contributed by atoms with Crippen molar-refractivity contribution in [1.82, 2.24) is 0 Å². The predicted octanol–water partition coefficient (Wildman–Crippen LogP) is 4.83. The molecule has 158 valence electrons. The van der Waals surface area contributed by atoms with Gasteiger partial charge in [-0.2, -0.15) is 0 Å². The minimum Gasteiger partial charge on any atom is -0.494 e. The Kier molecular flexibility index (Phi) is 6.32. The Labute approximate surface area is 181 Å². The predicted molar refractivity (Wildman–Crippen MR) is 117 cm³/mol. The van der Waals surface area contributed by atoms with Crippen molar-refractivity contribution >= 4 is 11.9 Å². The van der Waals surface area contributed by atoms with E-state index in [1.807, 2.05) is 36.4 Å². The van der Waals surface area contributed by atoms with Crippen molar-refractivity contribution in [3.05, 3.63) is 89.5 Å². The second kappa shape index (κ2) is 9.47. The standard InChI is InChI=1S/C26H24O5/c27-25(28)10-5-15-30-19-13-11-18(12-14-19)16-26(29)31-17-24-22-8-3-1-6-20(22)21-7-2-4-9-23(21)24/h1-4,6-9,11-14,24H,5,10,15-17H2,(H,27,28). The highest BCUT2D eigenvalue weighted by atomic mass is 16.5. The summed E-state index contributed by atoms with van der Waals surface area (Å²) in [4.78, 5) is 23.0. The number of carbonyl (C=O) groups excluding carboxylic acids is 1. The van der Waals surface area contributed by atoms with E-state index in [9.17, 15) is 9.59 Å². The van der Waals surface area contributed by atoms with Crippen LogP contribution in [0.25, 0.3) is 11.1 Å². The van der Waals surface area contributed by atoms with Crippen LogP contribution < -0.4 is 4.74 Å². The lowest BCUT2D eigenvalue weighted by Gasteiger charge is -2.14.